The van der Waals surface area contributed by atoms with Gasteiger partial charge in [-0.3, -0.25) is 14.9 Å². The number of rotatable bonds is 4. The topological polar surface area (TPSA) is 121 Å². The highest BCUT2D eigenvalue weighted by Crippen LogP contribution is 2.29. The molecule has 0 radical (unpaired) electrons. The van der Waals surface area contributed by atoms with E-state index in [1.54, 1.807) is 21.7 Å². The van der Waals surface area contributed by atoms with Gasteiger partial charge in [0.25, 0.3) is 5.91 Å². The summed E-state index contributed by atoms with van der Waals surface area (Å²) < 4.78 is 7.23. The molecule has 3 aliphatic rings. The van der Waals surface area contributed by atoms with Gasteiger partial charge in [0.15, 0.2) is 5.65 Å². The molecule has 180 valence electrons. The maximum atomic E-state index is 12.4. The largest absolute Gasteiger partial charge is 0.444 e. The first-order valence-electron chi connectivity index (χ1n) is 11.6. The van der Waals surface area contributed by atoms with Crippen LogP contribution in [0.2, 0.25) is 0 Å². The number of amides is 3. The lowest BCUT2D eigenvalue weighted by atomic mass is 10.1. The molecule has 0 unspecified atom stereocenters. The first-order chi connectivity index (χ1) is 16.2. The minimum absolute atomic E-state index is 0.0513. The molecule has 0 spiro atoms. The number of hydrogen-bond donors (Lipinski definition) is 2. The molecule has 2 N–H and O–H groups in total. The normalized spacial score (nSPS) is 20.3. The van der Waals surface area contributed by atoms with Crippen molar-refractivity contribution in [1.29, 1.82) is 0 Å². The fourth-order valence-corrected chi connectivity index (χ4v) is 4.02. The minimum atomic E-state index is -0.530. The number of piperazine rings is 1. The highest BCUT2D eigenvalue weighted by atomic mass is 16.6. The Morgan fingerprint density at radius 2 is 1.94 bits per heavy atom. The molecule has 1 saturated carbocycles. The Labute approximate surface area is 197 Å². The molecule has 5 rings (SSSR count). The summed E-state index contributed by atoms with van der Waals surface area (Å²) in [5.74, 6) is 0.913. The summed E-state index contributed by atoms with van der Waals surface area (Å²) in [5, 5.41) is 10.3. The van der Waals surface area contributed by atoms with E-state index in [-0.39, 0.29) is 24.3 Å². The third-order valence-corrected chi connectivity index (χ3v) is 5.90. The van der Waals surface area contributed by atoms with E-state index in [1.807, 2.05) is 26.8 Å². The molecule has 0 aromatic carbocycles. The molecule has 4 heterocycles. The van der Waals surface area contributed by atoms with Crippen molar-refractivity contribution in [2.24, 2.45) is 0 Å². The number of nitrogens with zero attached hydrogens (tertiary/aromatic N) is 5. The second-order valence-corrected chi connectivity index (χ2v) is 9.93. The zero-order valence-corrected chi connectivity index (χ0v) is 19.6. The summed E-state index contributed by atoms with van der Waals surface area (Å²) in [5.41, 5.74) is 1.15. The Hall–Kier alpha value is -3.63. The molecule has 2 saturated heterocycles. The van der Waals surface area contributed by atoms with Crippen molar-refractivity contribution in [3.8, 4) is 0 Å². The molecule has 2 aromatic rings. The van der Waals surface area contributed by atoms with Gasteiger partial charge >= 0.3 is 6.09 Å². The van der Waals surface area contributed by atoms with Gasteiger partial charge < -0.3 is 19.9 Å². The second kappa shape index (κ2) is 8.30. The average molecular weight is 468 g/mol. The van der Waals surface area contributed by atoms with E-state index in [2.05, 4.69) is 20.6 Å². The van der Waals surface area contributed by atoms with Gasteiger partial charge in [-0.1, -0.05) is 0 Å². The van der Waals surface area contributed by atoms with E-state index in [0.717, 1.165) is 24.5 Å². The Morgan fingerprint density at radius 1 is 1.21 bits per heavy atom. The molecule has 3 amide bonds. The van der Waals surface area contributed by atoms with Crippen molar-refractivity contribution >= 4 is 41.3 Å². The first-order valence-corrected chi connectivity index (χ1v) is 11.6. The molecule has 34 heavy (non-hydrogen) atoms. The minimum Gasteiger partial charge on any atom is -0.444 e. The number of carbonyl (C=O) groups is 3. The van der Waals surface area contributed by atoms with E-state index in [4.69, 9.17) is 9.72 Å². The van der Waals surface area contributed by atoms with Gasteiger partial charge in [0, 0.05) is 49.4 Å². The summed E-state index contributed by atoms with van der Waals surface area (Å²) in [6, 6.07) is 2.39. The van der Waals surface area contributed by atoms with Crippen LogP contribution >= 0.6 is 0 Å². The highest BCUT2D eigenvalue weighted by molar-refractivity contribution is 6.15. The van der Waals surface area contributed by atoms with Crippen molar-refractivity contribution < 1.29 is 19.1 Å². The molecule has 2 aliphatic heterocycles. The number of imide groups is 1. The molecule has 2 aromatic heterocycles. The maximum Gasteiger partial charge on any atom is 0.410 e. The van der Waals surface area contributed by atoms with E-state index >= 15 is 0 Å². The Bertz CT molecular complexity index is 1180. The number of fused-ring (bicyclic) bond motifs is 1. The summed E-state index contributed by atoms with van der Waals surface area (Å²) >= 11 is 0. The lowest BCUT2D eigenvalue weighted by Gasteiger charge is -2.36. The molecule has 3 fully saturated rings. The smallest absolute Gasteiger partial charge is 0.410 e. The van der Waals surface area contributed by atoms with Crippen molar-refractivity contribution in [2.45, 2.75) is 51.7 Å². The molecule has 11 nitrogen and oxygen atoms in total. The standard InChI is InChI=1S/C23H29N7O4/c1-23(2,3)34-22(33)29-8-6-28(7-9-29)17-12-18(25-16-4-5-16)30-20(26-17)15(13-24-30)10-14-11-19(31)27-21(14)32/h10,12-13,16,25H,4-9,11H2,1-3H3,(H,27,31,32)/b14-10+. The van der Waals surface area contributed by atoms with Crippen LogP contribution in [0.1, 0.15) is 45.6 Å². The van der Waals surface area contributed by atoms with Crippen LogP contribution in [0.3, 0.4) is 0 Å². The maximum absolute atomic E-state index is 12.4. The molecule has 11 heteroatoms. The number of ether oxygens (including phenoxy) is 1. The average Bonchev–Trinajstić information content (AvgIpc) is 3.40. The lowest BCUT2D eigenvalue weighted by Crippen LogP contribution is -2.50. The van der Waals surface area contributed by atoms with Gasteiger partial charge in [0.2, 0.25) is 5.91 Å². The van der Waals surface area contributed by atoms with E-state index in [1.165, 1.54) is 0 Å². The van der Waals surface area contributed by atoms with Crippen LogP contribution in [0.25, 0.3) is 11.7 Å². The van der Waals surface area contributed by atoms with Crippen LogP contribution < -0.4 is 15.5 Å². The van der Waals surface area contributed by atoms with Gasteiger partial charge in [-0.15, -0.1) is 0 Å². The summed E-state index contributed by atoms with van der Waals surface area (Å²) in [7, 11) is 0. The predicted molar refractivity (Wildman–Crippen MR) is 125 cm³/mol. The summed E-state index contributed by atoms with van der Waals surface area (Å²) in [6.07, 6.45) is 5.30. The monoisotopic (exact) mass is 467 g/mol. The number of hydrogen-bond acceptors (Lipinski definition) is 8. The summed E-state index contributed by atoms with van der Waals surface area (Å²) in [4.78, 5) is 44.8. The summed E-state index contributed by atoms with van der Waals surface area (Å²) in [6.45, 7) is 7.88. The van der Waals surface area contributed by atoms with E-state index in [0.29, 0.717) is 49.0 Å². The molecule has 0 bridgehead atoms. The van der Waals surface area contributed by atoms with Gasteiger partial charge in [-0.25, -0.2) is 9.78 Å². The number of anilines is 2. The zero-order chi connectivity index (χ0) is 24.0. The van der Waals surface area contributed by atoms with Crippen LogP contribution in [-0.2, 0) is 14.3 Å². The first kappa shape index (κ1) is 22.2. The van der Waals surface area contributed by atoms with Crippen LogP contribution in [0.4, 0.5) is 16.4 Å². The molecular formula is C23H29N7O4. The van der Waals surface area contributed by atoms with Gasteiger partial charge in [0.05, 0.1) is 12.6 Å². The van der Waals surface area contributed by atoms with E-state index in [9.17, 15) is 14.4 Å². The van der Waals surface area contributed by atoms with Crippen LogP contribution in [0.5, 0.6) is 0 Å². The lowest BCUT2D eigenvalue weighted by molar-refractivity contribution is -0.124. The van der Waals surface area contributed by atoms with Crippen LogP contribution in [0.15, 0.2) is 17.8 Å². The molecular weight excluding hydrogens is 438 g/mol. The second-order valence-electron chi connectivity index (χ2n) is 9.93. The predicted octanol–water partition coefficient (Wildman–Crippen LogP) is 1.79. The fraction of sp³-hybridized carbons (Fsp3) is 0.522. The Morgan fingerprint density at radius 3 is 2.56 bits per heavy atom. The van der Waals surface area contributed by atoms with Crippen LogP contribution in [0, 0.1) is 0 Å². The van der Waals surface area contributed by atoms with Crippen molar-refractivity contribution in [1.82, 2.24) is 24.8 Å². The van der Waals surface area contributed by atoms with Gasteiger partial charge in [0.1, 0.15) is 17.2 Å². The Kier molecular flexibility index (Phi) is 5.41. The van der Waals surface area contributed by atoms with Gasteiger partial charge in [-0.2, -0.15) is 9.61 Å². The van der Waals surface area contributed by atoms with Crippen LogP contribution in [-0.4, -0.2) is 75.2 Å². The Balaban J connectivity index is 1.41. The zero-order valence-electron chi connectivity index (χ0n) is 19.6. The van der Waals surface area contributed by atoms with Crippen molar-refractivity contribution in [3.63, 3.8) is 0 Å². The van der Waals surface area contributed by atoms with Gasteiger partial charge in [-0.05, 0) is 39.7 Å². The third-order valence-electron chi connectivity index (χ3n) is 5.90. The highest BCUT2D eigenvalue weighted by Gasteiger charge is 2.29. The number of carbonyl (C=O) groups excluding carboxylic acids is 3. The van der Waals surface area contributed by atoms with Crippen molar-refractivity contribution in [3.05, 3.63) is 23.4 Å². The molecule has 1 aliphatic carbocycles. The van der Waals surface area contributed by atoms with Crippen molar-refractivity contribution in [2.75, 3.05) is 36.4 Å². The molecule has 0 atom stereocenters. The quantitative estimate of drug-likeness (QED) is 0.516. The number of aromatic nitrogens is 3. The number of nitrogens with one attached hydrogen (secondary N) is 2. The van der Waals surface area contributed by atoms with E-state index < -0.39 is 5.60 Å². The fourth-order valence-electron chi connectivity index (χ4n) is 4.02. The third kappa shape index (κ3) is 4.68. The SMILES string of the molecule is CC(C)(C)OC(=O)N1CCN(c2cc(NC3CC3)n3ncc(/C=C4\CC(=O)NC4=O)c3n2)CC1.